The number of hydrogen-bond acceptors (Lipinski definition) is 5. The van der Waals surface area contributed by atoms with E-state index in [0.717, 1.165) is 5.56 Å². The van der Waals surface area contributed by atoms with Gasteiger partial charge in [-0.15, -0.1) is 0 Å². The smallest absolute Gasteiger partial charge is 0.263 e. The number of nitrogen functional groups attached to an aromatic ring is 1. The van der Waals surface area contributed by atoms with Crippen LogP contribution in [0.2, 0.25) is 0 Å². The first-order chi connectivity index (χ1) is 11.0. The fourth-order valence-corrected chi connectivity index (χ4v) is 4.80. The third-order valence-electron chi connectivity index (χ3n) is 3.54. The molecule has 0 saturated carbocycles. The van der Waals surface area contributed by atoms with Crippen molar-refractivity contribution in [2.45, 2.75) is 23.1 Å². The van der Waals surface area contributed by atoms with Gasteiger partial charge in [0.25, 0.3) is 10.0 Å². The molecule has 7 heteroatoms. The minimum atomic E-state index is -3.65. The lowest BCUT2D eigenvalue weighted by Crippen LogP contribution is -2.27. The first kappa shape index (κ1) is 15.9. The molecule has 2 atom stereocenters. The molecule has 0 spiro atoms. The summed E-state index contributed by atoms with van der Waals surface area (Å²) in [5, 5.41) is 0.531. The van der Waals surface area contributed by atoms with E-state index < -0.39 is 10.0 Å². The number of anilines is 1. The number of sulfonamides is 1. The summed E-state index contributed by atoms with van der Waals surface area (Å²) >= 11 is 1.43. The van der Waals surface area contributed by atoms with Gasteiger partial charge in [0.15, 0.2) is 5.17 Å². The quantitative estimate of drug-likeness (QED) is 0.836. The molecule has 0 amide bonds. The molecule has 1 heterocycles. The van der Waals surface area contributed by atoms with Crippen LogP contribution in [0.25, 0.3) is 0 Å². The molecule has 23 heavy (non-hydrogen) atoms. The van der Waals surface area contributed by atoms with Gasteiger partial charge in [0.05, 0.1) is 16.2 Å². The molecule has 1 aliphatic heterocycles. The van der Waals surface area contributed by atoms with Crippen LogP contribution in [0.1, 0.15) is 17.7 Å². The average molecular weight is 347 g/mol. The lowest BCUT2D eigenvalue weighted by atomic mass is 10.1. The van der Waals surface area contributed by atoms with Crippen molar-refractivity contribution >= 4 is 32.6 Å². The highest BCUT2D eigenvalue weighted by Gasteiger charge is 2.30. The highest BCUT2D eigenvalue weighted by molar-refractivity contribution is 8.15. The minimum Gasteiger partial charge on any atom is -0.399 e. The molecule has 0 radical (unpaired) electrons. The van der Waals surface area contributed by atoms with Gasteiger partial charge < -0.3 is 5.73 Å². The Morgan fingerprint density at radius 1 is 1.09 bits per heavy atom. The maximum Gasteiger partial charge on any atom is 0.263 e. The van der Waals surface area contributed by atoms with Gasteiger partial charge in [0.1, 0.15) is 0 Å². The van der Waals surface area contributed by atoms with E-state index >= 15 is 0 Å². The van der Waals surface area contributed by atoms with Crippen molar-refractivity contribution in [3.63, 3.8) is 0 Å². The molecule has 0 saturated heterocycles. The van der Waals surface area contributed by atoms with Gasteiger partial charge in [0, 0.05) is 5.69 Å². The van der Waals surface area contributed by atoms with E-state index in [1.807, 2.05) is 37.3 Å². The second-order valence-corrected chi connectivity index (χ2v) is 8.11. The second-order valence-electron chi connectivity index (χ2n) is 5.30. The number of nitrogens with one attached hydrogen (secondary N) is 1. The maximum atomic E-state index is 12.4. The molecule has 120 valence electrons. The Kier molecular flexibility index (Phi) is 4.32. The monoisotopic (exact) mass is 347 g/mol. The highest BCUT2D eigenvalue weighted by atomic mass is 32.2. The summed E-state index contributed by atoms with van der Waals surface area (Å²) in [5.74, 6) is 0. The Labute approximate surface area is 140 Å². The van der Waals surface area contributed by atoms with E-state index in [4.69, 9.17) is 5.73 Å². The van der Waals surface area contributed by atoms with Crippen molar-refractivity contribution in [1.82, 2.24) is 4.72 Å². The Hall–Kier alpha value is -1.99. The van der Waals surface area contributed by atoms with Crippen LogP contribution in [-0.2, 0) is 10.0 Å². The normalized spacial score (nSPS) is 21.0. The molecule has 0 aliphatic carbocycles. The topological polar surface area (TPSA) is 84.5 Å². The minimum absolute atomic E-state index is 0.00604. The first-order valence-corrected chi connectivity index (χ1v) is 9.50. The van der Waals surface area contributed by atoms with Crippen LogP contribution in [0.5, 0.6) is 0 Å². The summed E-state index contributed by atoms with van der Waals surface area (Å²) in [5.41, 5.74) is 7.25. The molecule has 1 aliphatic rings. The average Bonchev–Trinajstić information content (AvgIpc) is 2.88. The molecule has 5 nitrogen and oxygen atoms in total. The number of nitrogens with two attached hydrogens (primary N) is 1. The van der Waals surface area contributed by atoms with Crippen LogP contribution < -0.4 is 10.5 Å². The lowest BCUT2D eigenvalue weighted by molar-refractivity contribution is 0.593. The predicted molar refractivity (Wildman–Crippen MR) is 94.8 cm³/mol. The highest BCUT2D eigenvalue weighted by Crippen LogP contribution is 2.39. The number of hydrogen-bond donors (Lipinski definition) is 2. The summed E-state index contributed by atoms with van der Waals surface area (Å²) in [4.78, 5) is 4.61. The zero-order chi connectivity index (χ0) is 16.4. The number of nitrogens with zero attached hydrogens (tertiary/aromatic N) is 1. The molecular weight excluding hydrogens is 330 g/mol. The zero-order valence-corrected chi connectivity index (χ0v) is 14.1. The van der Waals surface area contributed by atoms with Crippen molar-refractivity contribution in [1.29, 1.82) is 0 Å². The predicted octanol–water partition coefficient (Wildman–Crippen LogP) is 2.78. The lowest BCUT2D eigenvalue weighted by Gasteiger charge is -2.13. The van der Waals surface area contributed by atoms with Crippen LogP contribution in [0.4, 0.5) is 5.69 Å². The third-order valence-corrected chi connectivity index (χ3v) is 6.37. The van der Waals surface area contributed by atoms with E-state index in [-0.39, 0.29) is 16.2 Å². The van der Waals surface area contributed by atoms with Gasteiger partial charge in [-0.25, -0.2) is 8.42 Å². The fraction of sp³-hybridized carbons (Fsp3) is 0.188. The van der Waals surface area contributed by atoms with Gasteiger partial charge >= 0.3 is 0 Å². The standard InChI is InChI=1S/C16H17N3O2S2/c1-11-15(12-5-3-2-4-6-12)22-16(18-11)19-23(20,21)14-9-7-13(17)8-10-14/h2-11,15H,17H2,1H3,(H,18,19)/t11-,15+/m0/s1. The van der Waals surface area contributed by atoms with E-state index in [0.29, 0.717) is 10.9 Å². The number of thioether (sulfide) groups is 1. The summed E-state index contributed by atoms with van der Waals surface area (Å²) in [6.07, 6.45) is 0. The van der Waals surface area contributed by atoms with Gasteiger partial charge in [-0.05, 0) is 36.8 Å². The molecule has 2 aromatic rings. The summed E-state index contributed by atoms with van der Waals surface area (Å²) in [6.45, 7) is 1.98. The number of benzene rings is 2. The molecule has 3 N–H and O–H groups in total. The summed E-state index contributed by atoms with van der Waals surface area (Å²) < 4.78 is 27.4. The molecule has 0 unspecified atom stereocenters. The number of rotatable bonds is 3. The van der Waals surface area contributed by atoms with Crippen molar-refractivity contribution in [2.75, 3.05) is 5.73 Å². The summed E-state index contributed by atoms with van der Waals surface area (Å²) in [7, 11) is -3.65. The van der Waals surface area contributed by atoms with Crippen LogP contribution in [0.3, 0.4) is 0 Å². The Balaban J connectivity index is 1.76. The van der Waals surface area contributed by atoms with E-state index in [1.54, 1.807) is 12.1 Å². The Morgan fingerprint density at radius 3 is 2.39 bits per heavy atom. The van der Waals surface area contributed by atoms with Crippen molar-refractivity contribution in [2.24, 2.45) is 4.99 Å². The zero-order valence-electron chi connectivity index (χ0n) is 12.5. The molecule has 2 aromatic carbocycles. The maximum absolute atomic E-state index is 12.4. The Bertz CT molecular complexity index is 818. The van der Waals surface area contributed by atoms with Crippen molar-refractivity contribution < 1.29 is 8.42 Å². The Morgan fingerprint density at radius 2 is 1.74 bits per heavy atom. The molecule has 0 aromatic heterocycles. The molecular formula is C16H17N3O2S2. The van der Waals surface area contributed by atoms with E-state index in [9.17, 15) is 8.42 Å². The van der Waals surface area contributed by atoms with Crippen LogP contribution in [0, 0.1) is 0 Å². The van der Waals surface area contributed by atoms with Crippen LogP contribution >= 0.6 is 11.8 Å². The van der Waals surface area contributed by atoms with Crippen molar-refractivity contribution in [3.8, 4) is 0 Å². The largest absolute Gasteiger partial charge is 0.399 e. The van der Waals surface area contributed by atoms with Gasteiger partial charge in [-0.1, -0.05) is 42.1 Å². The number of amidine groups is 1. The van der Waals surface area contributed by atoms with Crippen molar-refractivity contribution in [3.05, 3.63) is 60.2 Å². The van der Waals surface area contributed by atoms with E-state index in [2.05, 4.69) is 9.71 Å². The first-order valence-electron chi connectivity index (χ1n) is 7.13. The third kappa shape index (κ3) is 3.51. The van der Waals surface area contributed by atoms with Crippen LogP contribution in [-0.4, -0.2) is 19.6 Å². The number of aliphatic imine (C=N–C) groups is 1. The summed E-state index contributed by atoms with van der Waals surface area (Å²) in [6, 6.07) is 16.1. The van der Waals surface area contributed by atoms with Gasteiger partial charge in [0.2, 0.25) is 0 Å². The SMILES string of the molecule is C[C@@H]1N=C(NS(=O)(=O)c2ccc(N)cc2)S[C@H]1c1ccccc1. The molecule has 0 bridgehead atoms. The molecule has 0 fully saturated rings. The second kappa shape index (κ2) is 6.25. The van der Waals surface area contributed by atoms with E-state index in [1.165, 1.54) is 23.9 Å². The van der Waals surface area contributed by atoms with Gasteiger partial charge in [-0.2, -0.15) is 0 Å². The molecule has 3 rings (SSSR count). The van der Waals surface area contributed by atoms with Gasteiger partial charge in [-0.3, -0.25) is 9.71 Å². The fourth-order valence-electron chi connectivity index (χ4n) is 2.36. The van der Waals surface area contributed by atoms with Crippen LogP contribution in [0.15, 0.2) is 64.5 Å².